The zero-order chi connectivity index (χ0) is 10.7. The molecule has 0 aliphatic rings. The first-order chi connectivity index (χ1) is 7.33. The normalized spacial score (nSPS) is 10.3. The van der Waals surface area contributed by atoms with Gasteiger partial charge in [0.05, 0.1) is 10.7 Å². The number of halogens is 2. The van der Waals surface area contributed by atoms with Gasteiger partial charge < -0.3 is 0 Å². The molecule has 3 heteroatoms. The van der Waals surface area contributed by atoms with E-state index in [-0.39, 0.29) is 0 Å². The Morgan fingerprint density at radius 3 is 2.53 bits per heavy atom. The molecule has 1 heterocycles. The number of hydrogen-bond acceptors (Lipinski definition) is 1. The SMILES string of the molecule is Clc1ccnc(CBr)c1-c1ccccc1. The van der Waals surface area contributed by atoms with E-state index < -0.39 is 0 Å². The van der Waals surface area contributed by atoms with Gasteiger partial charge in [0.25, 0.3) is 0 Å². The molecule has 1 nitrogen and oxygen atoms in total. The van der Waals surface area contributed by atoms with Crippen LogP contribution in [-0.4, -0.2) is 4.98 Å². The van der Waals surface area contributed by atoms with Crippen molar-refractivity contribution >= 4 is 27.5 Å². The molecule has 15 heavy (non-hydrogen) atoms. The van der Waals surface area contributed by atoms with Gasteiger partial charge in [-0.05, 0) is 11.6 Å². The fraction of sp³-hybridized carbons (Fsp3) is 0.0833. The Morgan fingerprint density at radius 1 is 1.13 bits per heavy atom. The molecule has 0 atom stereocenters. The van der Waals surface area contributed by atoms with Gasteiger partial charge in [-0.1, -0.05) is 57.9 Å². The van der Waals surface area contributed by atoms with Crippen molar-refractivity contribution in [1.82, 2.24) is 4.98 Å². The summed E-state index contributed by atoms with van der Waals surface area (Å²) in [6, 6.07) is 11.9. The molecule has 0 unspecified atom stereocenters. The summed E-state index contributed by atoms with van der Waals surface area (Å²) in [6.45, 7) is 0. The fourth-order valence-electron chi connectivity index (χ4n) is 1.49. The molecule has 0 N–H and O–H groups in total. The van der Waals surface area contributed by atoms with E-state index >= 15 is 0 Å². The molecular weight excluding hydrogens is 273 g/mol. The first-order valence-electron chi connectivity index (χ1n) is 4.57. The van der Waals surface area contributed by atoms with Crippen LogP contribution < -0.4 is 0 Å². The predicted molar refractivity (Wildman–Crippen MR) is 67.3 cm³/mol. The lowest BCUT2D eigenvalue weighted by Crippen LogP contribution is -1.91. The van der Waals surface area contributed by atoms with Gasteiger partial charge in [-0.3, -0.25) is 4.98 Å². The third-order valence-electron chi connectivity index (χ3n) is 2.17. The lowest BCUT2D eigenvalue weighted by Gasteiger charge is -2.08. The summed E-state index contributed by atoms with van der Waals surface area (Å²) in [5, 5.41) is 1.45. The molecular formula is C12H9BrClN. The monoisotopic (exact) mass is 281 g/mol. The smallest absolute Gasteiger partial charge is 0.0602 e. The van der Waals surface area contributed by atoms with Crippen molar-refractivity contribution < 1.29 is 0 Å². The van der Waals surface area contributed by atoms with E-state index in [1.54, 1.807) is 6.20 Å². The molecule has 0 saturated carbocycles. The summed E-state index contributed by atoms with van der Waals surface area (Å²) >= 11 is 9.60. The molecule has 0 bridgehead atoms. The molecule has 1 aromatic heterocycles. The number of aromatic nitrogens is 1. The Balaban J connectivity index is 2.61. The Kier molecular flexibility index (Phi) is 3.39. The van der Waals surface area contributed by atoms with Gasteiger partial charge in [-0.2, -0.15) is 0 Å². The summed E-state index contributed by atoms with van der Waals surface area (Å²) in [6.07, 6.45) is 1.73. The molecule has 0 spiro atoms. The minimum Gasteiger partial charge on any atom is -0.260 e. The maximum absolute atomic E-state index is 6.18. The highest BCUT2D eigenvalue weighted by molar-refractivity contribution is 9.08. The number of alkyl halides is 1. The summed E-state index contributed by atoms with van der Waals surface area (Å²) in [5.41, 5.74) is 3.08. The van der Waals surface area contributed by atoms with Crippen LogP contribution in [0.1, 0.15) is 5.69 Å². The molecule has 76 valence electrons. The Bertz CT molecular complexity index is 456. The van der Waals surface area contributed by atoms with Gasteiger partial charge in [-0.15, -0.1) is 0 Å². The van der Waals surface area contributed by atoms with Gasteiger partial charge >= 0.3 is 0 Å². The molecule has 0 radical (unpaired) electrons. The van der Waals surface area contributed by atoms with Crippen LogP contribution in [-0.2, 0) is 5.33 Å². The predicted octanol–water partition coefficient (Wildman–Crippen LogP) is 4.30. The highest BCUT2D eigenvalue weighted by Gasteiger charge is 2.08. The van der Waals surface area contributed by atoms with E-state index in [0.717, 1.165) is 21.8 Å². The Labute approximate surface area is 102 Å². The second-order valence-corrected chi connectivity index (χ2v) is 4.08. The third-order valence-corrected chi connectivity index (χ3v) is 3.01. The van der Waals surface area contributed by atoms with Crippen molar-refractivity contribution in [3.05, 3.63) is 53.3 Å². The first kappa shape index (κ1) is 10.7. The van der Waals surface area contributed by atoms with E-state index in [1.807, 2.05) is 36.4 Å². The van der Waals surface area contributed by atoms with Crippen LogP contribution >= 0.6 is 27.5 Å². The molecule has 2 rings (SSSR count). The average molecular weight is 283 g/mol. The Morgan fingerprint density at radius 2 is 1.87 bits per heavy atom. The van der Waals surface area contributed by atoms with Gasteiger partial charge in [0.15, 0.2) is 0 Å². The maximum atomic E-state index is 6.18. The summed E-state index contributed by atoms with van der Waals surface area (Å²) < 4.78 is 0. The van der Waals surface area contributed by atoms with Crippen molar-refractivity contribution in [2.45, 2.75) is 5.33 Å². The van der Waals surface area contributed by atoms with Crippen LogP contribution in [0.4, 0.5) is 0 Å². The van der Waals surface area contributed by atoms with E-state index in [4.69, 9.17) is 11.6 Å². The summed E-state index contributed by atoms with van der Waals surface area (Å²) in [5.74, 6) is 0. The van der Waals surface area contributed by atoms with Gasteiger partial charge in [0, 0.05) is 17.1 Å². The average Bonchev–Trinajstić information content (AvgIpc) is 2.29. The molecule has 0 amide bonds. The zero-order valence-corrected chi connectivity index (χ0v) is 10.3. The van der Waals surface area contributed by atoms with Crippen molar-refractivity contribution in [3.8, 4) is 11.1 Å². The van der Waals surface area contributed by atoms with Crippen molar-refractivity contribution in [3.63, 3.8) is 0 Å². The number of pyridine rings is 1. The molecule has 1 aromatic carbocycles. The summed E-state index contributed by atoms with van der Waals surface area (Å²) in [4.78, 5) is 4.30. The standard InChI is InChI=1S/C12H9BrClN/c13-8-11-12(10(14)6-7-15-11)9-4-2-1-3-5-9/h1-7H,8H2. The van der Waals surface area contributed by atoms with Crippen LogP contribution in [0.2, 0.25) is 5.02 Å². The number of rotatable bonds is 2. The molecule has 0 saturated heterocycles. The van der Waals surface area contributed by atoms with Crippen LogP contribution in [0.5, 0.6) is 0 Å². The van der Waals surface area contributed by atoms with E-state index in [2.05, 4.69) is 20.9 Å². The molecule has 2 aromatic rings. The first-order valence-corrected chi connectivity index (χ1v) is 6.07. The highest BCUT2D eigenvalue weighted by atomic mass is 79.9. The second-order valence-electron chi connectivity index (χ2n) is 3.11. The lowest BCUT2D eigenvalue weighted by atomic mass is 10.0. The number of hydrogen-bond donors (Lipinski definition) is 0. The van der Waals surface area contributed by atoms with E-state index in [1.165, 1.54) is 0 Å². The minimum atomic E-state index is 0.706. The lowest BCUT2D eigenvalue weighted by molar-refractivity contribution is 1.19. The fourth-order valence-corrected chi connectivity index (χ4v) is 2.19. The topological polar surface area (TPSA) is 12.9 Å². The van der Waals surface area contributed by atoms with Crippen molar-refractivity contribution in [1.29, 1.82) is 0 Å². The number of nitrogens with zero attached hydrogens (tertiary/aromatic N) is 1. The minimum absolute atomic E-state index is 0.706. The third kappa shape index (κ3) is 2.21. The zero-order valence-electron chi connectivity index (χ0n) is 7.95. The van der Waals surface area contributed by atoms with Gasteiger partial charge in [0.1, 0.15) is 0 Å². The van der Waals surface area contributed by atoms with Crippen LogP contribution in [0.15, 0.2) is 42.6 Å². The number of benzene rings is 1. The van der Waals surface area contributed by atoms with Crippen molar-refractivity contribution in [2.24, 2.45) is 0 Å². The molecule has 0 aliphatic heterocycles. The van der Waals surface area contributed by atoms with Crippen LogP contribution in [0.3, 0.4) is 0 Å². The summed E-state index contributed by atoms with van der Waals surface area (Å²) in [7, 11) is 0. The quantitative estimate of drug-likeness (QED) is 0.749. The second kappa shape index (κ2) is 4.77. The highest BCUT2D eigenvalue weighted by Crippen LogP contribution is 2.30. The van der Waals surface area contributed by atoms with Crippen molar-refractivity contribution in [2.75, 3.05) is 0 Å². The van der Waals surface area contributed by atoms with Gasteiger partial charge in [-0.25, -0.2) is 0 Å². The van der Waals surface area contributed by atoms with E-state index in [0.29, 0.717) is 5.33 Å². The van der Waals surface area contributed by atoms with Crippen LogP contribution in [0, 0.1) is 0 Å². The largest absolute Gasteiger partial charge is 0.260 e. The molecule has 0 fully saturated rings. The molecule has 0 aliphatic carbocycles. The van der Waals surface area contributed by atoms with Gasteiger partial charge in [0.2, 0.25) is 0 Å². The maximum Gasteiger partial charge on any atom is 0.0602 e. The van der Waals surface area contributed by atoms with Crippen LogP contribution in [0.25, 0.3) is 11.1 Å². The Hall–Kier alpha value is -0.860. The van der Waals surface area contributed by atoms with E-state index in [9.17, 15) is 0 Å².